The zero-order chi connectivity index (χ0) is 7.98. The zero-order valence-corrected chi connectivity index (χ0v) is 7.74. The minimum Gasteiger partial charge on any atom is -0.316 e. The van der Waals surface area contributed by atoms with Gasteiger partial charge in [0.2, 0.25) is 0 Å². The minimum atomic E-state index is 0.827. The van der Waals surface area contributed by atoms with E-state index in [1.165, 1.54) is 0 Å². The molecule has 0 aliphatic carbocycles. The van der Waals surface area contributed by atoms with Crippen LogP contribution in [-0.4, -0.2) is 13.6 Å². The Labute approximate surface area is 70.6 Å². The summed E-state index contributed by atoms with van der Waals surface area (Å²) in [7, 11) is 1.90. The van der Waals surface area contributed by atoms with Crippen molar-refractivity contribution in [1.82, 2.24) is 5.32 Å². The van der Waals surface area contributed by atoms with Crippen molar-refractivity contribution in [1.29, 1.82) is 0 Å². The van der Waals surface area contributed by atoms with Crippen molar-refractivity contribution in [2.24, 2.45) is 0 Å². The van der Waals surface area contributed by atoms with Crippen LogP contribution >= 0.6 is 15.9 Å². The lowest BCUT2D eigenvalue weighted by Crippen LogP contribution is -2.08. The van der Waals surface area contributed by atoms with Crippen molar-refractivity contribution >= 4 is 15.9 Å². The van der Waals surface area contributed by atoms with E-state index in [1.807, 2.05) is 19.2 Å². The Morgan fingerprint density at radius 2 is 2.30 bits per heavy atom. The van der Waals surface area contributed by atoms with Crippen LogP contribution in [0.1, 0.15) is 0 Å². The van der Waals surface area contributed by atoms with Crippen LogP contribution in [0.25, 0.3) is 0 Å². The third kappa shape index (κ3) is 4.53. The van der Waals surface area contributed by atoms with Gasteiger partial charge in [0.25, 0.3) is 0 Å². The molecular formula is C8H12BrN. The lowest BCUT2D eigenvalue weighted by Gasteiger charge is -1.98. The smallest absolute Gasteiger partial charge is 0.0202 e. The largest absolute Gasteiger partial charge is 0.316 e. The highest BCUT2D eigenvalue weighted by Crippen LogP contribution is 2.06. The highest BCUT2D eigenvalue weighted by atomic mass is 79.9. The van der Waals surface area contributed by atoms with Crippen molar-refractivity contribution in [3.05, 3.63) is 35.4 Å². The molecule has 1 nitrogen and oxygen atoms in total. The van der Waals surface area contributed by atoms with E-state index >= 15 is 0 Å². The maximum Gasteiger partial charge on any atom is 0.0202 e. The van der Waals surface area contributed by atoms with E-state index in [4.69, 9.17) is 0 Å². The Hall–Kier alpha value is -0.340. The Kier molecular flexibility index (Phi) is 5.26. The second-order valence-corrected chi connectivity index (χ2v) is 2.92. The van der Waals surface area contributed by atoms with Gasteiger partial charge in [-0.3, -0.25) is 0 Å². The number of rotatable bonds is 4. The SMILES string of the molecule is C=C/C(=C\C(=C)Br)CNC. The zero-order valence-electron chi connectivity index (χ0n) is 6.15. The molecule has 0 radical (unpaired) electrons. The highest BCUT2D eigenvalue weighted by Gasteiger charge is 1.87. The van der Waals surface area contributed by atoms with Gasteiger partial charge in [-0.15, -0.1) is 0 Å². The van der Waals surface area contributed by atoms with Gasteiger partial charge < -0.3 is 5.32 Å². The molecule has 2 heteroatoms. The Balaban J connectivity index is 4.03. The molecule has 0 heterocycles. The summed E-state index contributed by atoms with van der Waals surface area (Å²) in [5.41, 5.74) is 1.13. The normalized spacial score (nSPS) is 11.2. The maximum atomic E-state index is 3.69. The molecule has 0 fully saturated rings. The molecule has 56 valence electrons. The summed E-state index contributed by atoms with van der Waals surface area (Å²) in [6.07, 6.45) is 3.74. The van der Waals surface area contributed by atoms with Crippen molar-refractivity contribution < 1.29 is 0 Å². The number of allylic oxidation sites excluding steroid dienone is 2. The fraction of sp³-hybridized carbons (Fsp3) is 0.250. The first kappa shape index (κ1) is 9.66. The average molecular weight is 202 g/mol. The third-order valence-electron chi connectivity index (χ3n) is 0.985. The monoisotopic (exact) mass is 201 g/mol. The highest BCUT2D eigenvalue weighted by molar-refractivity contribution is 9.11. The molecule has 1 N–H and O–H groups in total. The van der Waals surface area contributed by atoms with E-state index in [9.17, 15) is 0 Å². The Morgan fingerprint density at radius 1 is 1.70 bits per heavy atom. The van der Waals surface area contributed by atoms with Gasteiger partial charge in [0.15, 0.2) is 0 Å². The fourth-order valence-electron chi connectivity index (χ4n) is 0.587. The maximum absolute atomic E-state index is 3.69. The third-order valence-corrected chi connectivity index (χ3v) is 1.21. The molecule has 0 aromatic rings. The van der Waals surface area contributed by atoms with Crippen molar-refractivity contribution in [3.63, 3.8) is 0 Å². The molecule has 10 heavy (non-hydrogen) atoms. The summed E-state index contributed by atoms with van der Waals surface area (Å²) in [6, 6.07) is 0. The van der Waals surface area contributed by atoms with E-state index in [0.717, 1.165) is 16.6 Å². The molecule has 0 aliphatic heterocycles. The molecule has 0 saturated carbocycles. The number of hydrogen-bond acceptors (Lipinski definition) is 1. The van der Waals surface area contributed by atoms with Gasteiger partial charge in [0, 0.05) is 11.0 Å². The van der Waals surface area contributed by atoms with Crippen LogP contribution in [0.3, 0.4) is 0 Å². The van der Waals surface area contributed by atoms with Crippen molar-refractivity contribution in [2.45, 2.75) is 0 Å². The van der Waals surface area contributed by atoms with Gasteiger partial charge in [0.1, 0.15) is 0 Å². The first-order valence-corrected chi connectivity index (χ1v) is 3.82. The molecule has 0 bridgehead atoms. The van der Waals surface area contributed by atoms with Gasteiger partial charge in [-0.25, -0.2) is 0 Å². The fourth-order valence-corrected chi connectivity index (χ4v) is 0.881. The lowest BCUT2D eigenvalue weighted by atomic mass is 10.2. The summed E-state index contributed by atoms with van der Waals surface area (Å²) in [5.74, 6) is 0. The lowest BCUT2D eigenvalue weighted by molar-refractivity contribution is 0.896. The number of hydrogen-bond donors (Lipinski definition) is 1. The molecule has 0 aliphatic rings. The van der Waals surface area contributed by atoms with Gasteiger partial charge in [0.05, 0.1) is 0 Å². The summed E-state index contributed by atoms with van der Waals surface area (Å²) in [5, 5.41) is 3.02. The molecule has 0 amide bonds. The van der Waals surface area contributed by atoms with Gasteiger partial charge in [-0.05, 0) is 18.7 Å². The van der Waals surface area contributed by atoms with Gasteiger partial charge >= 0.3 is 0 Å². The van der Waals surface area contributed by atoms with E-state index in [0.29, 0.717) is 0 Å². The Morgan fingerprint density at radius 3 is 2.60 bits per heavy atom. The second kappa shape index (κ2) is 5.45. The van der Waals surface area contributed by atoms with Crippen LogP contribution in [-0.2, 0) is 0 Å². The van der Waals surface area contributed by atoms with Crippen LogP contribution in [0.5, 0.6) is 0 Å². The predicted molar refractivity (Wildman–Crippen MR) is 50.3 cm³/mol. The van der Waals surface area contributed by atoms with Crippen LogP contribution in [0.2, 0.25) is 0 Å². The summed E-state index contributed by atoms with van der Waals surface area (Å²) in [4.78, 5) is 0. The van der Waals surface area contributed by atoms with Gasteiger partial charge in [-0.1, -0.05) is 35.2 Å². The van der Waals surface area contributed by atoms with Gasteiger partial charge in [-0.2, -0.15) is 0 Å². The van der Waals surface area contributed by atoms with E-state index in [-0.39, 0.29) is 0 Å². The van der Waals surface area contributed by atoms with Crippen LogP contribution in [0.4, 0.5) is 0 Å². The second-order valence-electron chi connectivity index (χ2n) is 1.90. The number of halogens is 1. The quantitative estimate of drug-likeness (QED) is 0.689. The van der Waals surface area contributed by atoms with E-state index in [1.54, 1.807) is 0 Å². The molecular weight excluding hydrogens is 190 g/mol. The summed E-state index contributed by atoms with van der Waals surface area (Å²) in [6.45, 7) is 8.18. The molecule has 0 unspecified atom stereocenters. The van der Waals surface area contributed by atoms with E-state index in [2.05, 4.69) is 34.4 Å². The predicted octanol–water partition coefficient (Wildman–Crippen LogP) is 2.23. The number of nitrogens with one attached hydrogen (secondary N) is 1. The van der Waals surface area contributed by atoms with Crippen molar-refractivity contribution in [2.75, 3.05) is 13.6 Å². The molecule has 0 rings (SSSR count). The topological polar surface area (TPSA) is 12.0 Å². The molecule has 0 aromatic carbocycles. The number of likely N-dealkylation sites (N-methyl/N-ethyl adjacent to an activating group) is 1. The molecule has 0 aromatic heterocycles. The van der Waals surface area contributed by atoms with Crippen LogP contribution < -0.4 is 5.32 Å². The summed E-state index contributed by atoms with van der Waals surface area (Å²) >= 11 is 3.24. The standard InChI is InChI=1S/C8H12BrN/c1-4-8(6-10-3)5-7(2)9/h4-5,10H,1-2,6H2,3H3/b8-5+. The minimum absolute atomic E-state index is 0.827. The first-order chi connectivity index (χ1) is 4.70. The molecule has 0 saturated heterocycles. The average Bonchev–Trinajstić information content (AvgIpc) is 1.86. The first-order valence-electron chi connectivity index (χ1n) is 3.02. The summed E-state index contributed by atoms with van der Waals surface area (Å²) < 4.78 is 0.873. The van der Waals surface area contributed by atoms with Crippen molar-refractivity contribution in [3.8, 4) is 0 Å². The van der Waals surface area contributed by atoms with Crippen LogP contribution in [0.15, 0.2) is 35.4 Å². The molecule has 0 atom stereocenters. The molecule has 0 spiro atoms. The Bertz CT molecular complexity index is 159. The van der Waals surface area contributed by atoms with Crippen LogP contribution in [0, 0.1) is 0 Å². The van der Waals surface area contributed by atoms with E-state index < -0.39 is 0 Å².